The number of fused-ring (bicyclic) bond motifs is 1. The van der Waals surface area contributed by atoms with Crippen LogP contribution in [0.4, 0.5) is 5.69 Å². The lowest BCUT2D eigenvalue weighted by Gasteiger charge is -2.08. The molecule has 0 amide bonds. The number of rotatable bonds is 3. The second-order valence-electron chi connectivity index (χ2n) is 4.70. The number of aromatic nitrogens is 1. The average molecular weight is 252 g/mol. The van der Waals surface area contributed by atoms with Crippen LogP contribution in [0.25, 0.3) is 11.0 Å². The van der Waals surface area contributed by atoms with Gasteiger partial charge in [-0.05, 0) is 32.0 Å². The van der Waals surface area contributed by atoms with Crippen molar-refractivity contribution in [2.75, 3.05) is 5.32 Å². The highest BCUT2D eigenvalue weighted by Gasteiger charge is 2.05. The van der Waals surface area contributed by atoms with Gasteiger partial charge in [-0.1, -0.05) is 18.2 Å². The van der Waals surface area contributed by atoms with E-state index in [-0.39, 0.29) is 0 Å². The molecule has 0 aliphatic carbocycles. The summed E-state index contributed by atoms with van der Waals surface area (Å²) in [5, 5.41) is 4.57. The molecule has 2 heterocycles. The Morgan fingerprint density at radius 2 is 1.95 bits per heavy atom. The Morgan fingerprint density at radius 1 is 1.11 bits per heavy atom. The number of para-hydroxylation sites is 1. The lowest BCUT2D eigenvalue weighted by molar-refractivity contribution is 0.611. The van der Waals surface area contributed by atoms with Crippen molar-refractivity contribution in [3.63, 3.8) is 0 Å². The van der Waals surface area contributed by atoms with Crippen LogP contribution in [-0.4, -0.2) is 4.98 Å². The topological polar surface area (TPSA) is 38.1 Å². The molecule has 0 saturated heterocycles. The van der Waals surface area contributed by atoms with Gasteiger partial charge in [-0.25, -0.2) is 0 Å². The first-order chi connectivity index (χ1) is 9.24. The van der Waals surface area contributed by atoms with E-state index >= 15 is 0 Å². The predicted molar refractivity (Wildman–Crippen MR) is 77.3 cm³/mol. The Balaban J connectivity index is 1.82. The summed E-state index contributed by atoms with van der Waals surface area (Å²) in [4.78, 5) is 4.45. The highest BCUT2D eigenvalue weighted by Crippen LogP contribution is 2.22. The van der Waals surface area contributed by atoms with Crippen LogP contribution in [0.3, 0.4) is 0 Å². The average Bonchev–Trinajstić information content (AvgIpc) is 2.81. The van der Waals surface area contributed by atoms with E-state index in [2.05, 4.69) is 22.4 Å². The van der Waals surface area contributed by atoms with Gasteiger partial charge in [0.15, 0.2) is 0 Å². The van der Waals surface area contributed by atoms with Crippen LogP contribution >= 0.6 is 0 Å². The molecule has 1 N–H and O–H groups in total. The standard InChI is InChI=1S/C16H16N2O/c1-11-7-8-15(12(2)18-11)17-9-13-10-19-16-6-4-3-5-14(13)16/h3-8,10,17H,9H2,1-2H3. The van der Waals surface area contributed by atoms with E-state index in [1.54, 1.807) is 0 Å². The highest BCUT2D eigenvalue weighted by atomic mass is 16.3. The molecular weight excluding hydrogens is 236 g/mol. The molecule has 0 aliphatic rings. The van der Waals surface area contributed by atoms with Crippen LogP contribution in [0.5, 0.6) is 0 Å². The first-order valence-electron chi connectivity index (χ1n) is 6.37. The summed E-state index contributed by atoms with van der Waals surface area (Å²) in [6.07, 6.45) is 1.81. The quantitative estimate of drug-likeness (QED) is 0.764. The molecule has 0 atom stereocenters. The summed E-state index contributed by atoms with van der Waals surface area (Å²) in [6.45, 7) is 4.76. The monoisotopic (exact) mass is 252 g/mol. The van der Waals surface area contributed by atoms with Crippen molar-refractivity contribution in [1.29, 1.82) is 0 Å². The van der Waals surface area contributed by atoms with E-state index in [1.807, 2.05) is 44.4 Å². The third-order valence-electron chi connectivity index (χ3n) is 3.26. The van der Waals surface area contributed by atoms with Gasteiger partial charge in [0.2, 0.25) is 0 Å². The Kier molecular flexibility index (Phi) is 2.95. The Labute approximate surface area is 112 Å². The predicted octanol–water partition coefficient (Wildman–Crippen LogP) is 4.06. The summed E-state index contributed by atoms with van der Waals surface area (Å²) in [6, 6.07) is 12.2. The van der Waals surface area contributed by atoms with Gasteiger partial charge in [0.1, 0.15) is 5.58 Å². The minimum atomic E-state index is 0.739. The van der Waals surface area contributed by atoms with E-state index in [1.165, 1.54) is 0 Å². The molecule has 0 aliphatic heterocycles. The fraction of sp³-hybridized carbons (Fsp3) is 0.188. The van der Waals surface area contributed by atoms with Crippen molar-refractivity contribution < 1.29 is 4.42 Å². The zero-order chi connectivity index (χ0) is 13.2. The van der Waals surface area contributed by atoms with Gasteiger partial charge >= 0.3 is 0 Å². The maximum atomic E-state index is 5.53. The van der Waals surface area contributed by atoms with Crippen LogP contribution in [-0.2, 0) is 6.54 Å². The summed E-state index contributed by atoms with van der Waals surface area (Å²) >= 11 is 0. The molecule has 2 aromatic heterocycles. The largest absolute Gasteiger partial charge is 0.464 e. The molecule has 3 aromatic rings. The molecule has 0 bridgehead atoms. The van der Waals surface area contributed by atoms with E-state index in [0.29, 0.717) is 0 Å². The number of hydrogen-bond acceptors (Lipinski definition) is 3. The lowest BCUT2D eigenvalue weighted by Crippen LogP contribution is -2.02. The van der Waals surface area contributed by atoms with Crippen LogP contribution in [0, 0.1) is 13.8 Å². The summed E-state index contributed by atoms with van der Waals surface area (Å²) in [5.74, 6) is 0. The number of hydrogen-bond donors (Lipinski definition) is 1. The zero-order valence-corrected chi connectivity index (χ0v) is 11.1. The normalized spacial score (nSPS) is 10.8. The van der Waals surface area contributed by atoms with Gasteiger partial charge in [-0.15, -0.1) is 0 Å². The summed E-state index contributed by atoms with van der Waals surface area (Å²) in [5.41, 5.74) is 5.22. The number of pyridine rings is 1. The van der Waals surface area contributed by atoms with Crippen LogP contribution in [0.1, 0.15) is 17.0 Å². The molecule has 96 valence electrons. The van der Waals surface area contributed by atoms with Crippen LogP contribution in [0.2, 0.25) is 0 Å². The number of nitrogens with one attached hydrogen (secondary N) is 1. The van der Waals surface area contributed by atoms with Gasteiger partial charge in [0.25, 0.3) is 0 Å². The third kappa shape index (κ3) is 2.32. The molecule has 19 heavy (non-hydrogen) atoms. The van der Waals surface area contributed by atoms with Crippen molar-refractivity contribution in [3.8, 4) is 0 Å². The molecule has 0 spiro atoms. The van der Waals surface area contributed by atoms with Crippen molar-refractivity contribution in [2.45, 2.75) is 20.4 Å². The molecule has 1 aromatic carbocycles. The van der Waals surface area contributed by atoms with Crippen molar-refractivity contribution >= 4 is 16.7 Å². The van der Waals surface area contributed by atoms with E-state index in [4.69, 9.17) is 4.42 Å². The first kappa shape index (κ1) is 11.8. The number of anilines is 1. The second-order valence-corrected chi connectivity index (χ2v) is 4.70. The molecule has 0 radical (unpaired) electrons. The number of aryl methyl sites for hydroxylation is 2. The van der Waals surface area contributed by atoms with E-state index in [0.717, 1.165) is 40.2 Å². The highest BCUT2D eigenvalue weighted by molar-refractivity contribution is 5.81. The first-order valence-corrected chi connectivity index (χ1v) is 6.37. The Morgan fingerprint density at radius 3 is 2.79 bits per heavy atom. The zero-order valence-electron chi connectivity index (χ0n) is 11.1. The van der Waals surface area contributed by atoms with Gasteiger partial charge < -0.3 is 9.73 Å². The lowest BCUT2D eigenvalue weighted by atomic mass is 10.1. The van der Waals surface area contributed by atoms with E-state index in [9.17, 15) is 0 Å². The van der Waals surface area contributed by atoms with Crippen LogP contribution < -0.4 is 5.32 Å². The van der Waals surface area contributed by atoms with Gasteiger partial charge in [0.05, 0.1) is 17.6 Å². The maximum Gasteiger partial charge on any atom is 0.134 e. The van der Waals surface area contributed by atoms with Gasteiger partial charge in [-0.2, -0.15) is 0 Å². The molecule has 0 saturated carbocycles. The molecule has 3 rings (SSSR count). The number of furan rings is 1. The minimum absolute atomic E-state index is 0.739. The summed E-state index contributed by atoms with van der Waals surface area (Å²) in [7, 11) is 0. The fourth-order valence-corrected chi connectivity index (χ4v) is 2.23. The van der Waals surface area contributed by atoms with Crippen molar-refractivity contribution in [1.82, 2.24) is 4.98 Å². The summed E-state index contributed by atoms with van der Waals surface area (Å²) < 4.78 is 5.53. The smallest absolute Gasteiger partial charge is 0.134 e. The van der Waals surface area contributed by atoms with Crippen molar-refractivity contribution in [3.05, 3.63) is 59.6 Å². The van der Waals surface area contributed by atoms with E-state index < -0.39 is 0 Å². The number of benzene rings is 1. The van der Waals surface area contributed by atoms with Crippen LogP contribution in [0.15, 0.2) is 47.1 Å². The molecular formula is C16H16N2O. The second kappa shape index (κ2) is 4.76. The molecule has 0 fully saturated rings. The molecule has 3 nitrogen and oxygen atoms in total. The molecule has 0 unspecified atom stereocenters. The number of nitrogens with zero attached hydrogens (tertiary/aromatic N) is 1. The molecule has 3 heteroatoms. The minimum Gasteiger partial charge on any atom is -0.464 e. The van der Waals surface area contributed by atoms with Gasteiger partial charge in [0, 0.05) is 23.2 Å². The van der Waals surface area contributed by atoms with Gasteiger partial charge in [-0.3, -0.25) is 4.98 Å². The Hall–Kier alpha value is -2.29. The third-order valence-corrected chi connectivity index (χ3v) is 3.26. The SMILES string of the molecule is Cc1ccc(NCc2coc3ccccc23)c(C)n1. The Bertz CT molecular complexity index is 716. The fourth-order valence-electron chi connectivity index (χ4n) is 2.23. The maximum absolute atomic E-state index is 5.53. The van der Waals surface area contributed by atoms with Crippen molar-refractivity contribution in [2.24, 2.45) is 0 Å².